The average molecular weight is 301 g/mol. The van der Waals surface area contributed by atoms with Gasteiger partial charge >= 0.3 is 5.97 Å². The third-order valence-electron chi connectivity index (χ3n) is 3.44. The van der Waals surface area contributed by atoms with Crippen LogP contribution in [0.1, 0.15) is 43.0 Å². The molecular weight excluding hydrogens is 282 g/mol. The predicted molar refractivity (Wildman–Crippen MR) is 71.7 cm³/mol. The van der Waals surface area contributed by atoms with Crippen LogP contribution < -0.4 is 4.72 Å². The quantitative estimate of drug-likeness (QED) is 0.733. The van der Waals surface area contributed by atoms with E-state index in [1.54, 1.807) is 6.92 Å². The van der Waals surface area contributed by atoms with Crippen LogP contribution in [0.15, 0.2) is 11.2 Å². The number of H-pyrrole nitrogens is 1. The Hall–Kier alpha value is -1.41. The van der Waals surface area contributed by atoms with Crippen LogP contribution in [0.2, 0.25) is 0 Å². The molecule has 0 amide bonds. The Morgan fingerprint density at radius 2 is 2.30 bits per heavy atom. The van der Waals surface area contributed by atoms with Crippen molar-refractivity contribution in [2.24, 2.45) is 5.92 Å². The number of aromatic nitrogens is 2. The number of carbonyl (C=O) groups is 1. The summed E-state index contributed by atoms with van der Waals surface area (Å²) < 4.78 is 31.5. The van der Waals surface area contributed by atoms with Gasteiger partial charge in [-0.3, -0.25) is 5.10 Å². The first-order valence-electron chi connectivity index (χ1n) is 6.74. The van der Waals surface area contributed by atoms with Gasteiger partial charge in [-0.1, -0.05) is 19.3 Å². The van der Waals surface area contributed by atoms with Crippen molar-refractivity contribution in [3.05, 3.63) is 11.8 Å². The first kappa shape index (κ1) is 15.0. The Kier molecular flexibility index (Phi) is 4.77. The van der Waals surface area contributed by atoms with E-state index in [0.717, 1.165) is 6.42 Å². The van der Waals surface area contributed by atoms with Gasteiger partial charge in [0.2, 0.25) is 0 Å². The van der Waals surface area contributed by atoms with Crippen molar-refractivity contribution in [3.63, 3.8) is 0 Å². The smallest absolute Gasteiger partial charge is 0.342 e. The van der Waals surface area contributed by atoms with Crippen molar-refractivity contribution in [1.82, 2.24) is 14.9 Å². The molecule has 0 unspecified atom stereocenters. The van der Waals surface area contributed by atoms with Crippen molar-refractivity contribution in [1.29, 1.82) is 0 Å². The van der Waals surface area contributed by atoms with Crippen molar-refractivity contribution >= 4 is 16.0 Å². The van der Waals surface area contributed by atoms with Crippen molar-refractivity contribution in [2.75, 3.05) is 13.2 Å². The Morgan fingerprint density at radius 3 is 2.90 bits per heavy atom. The highest BCUT2D eigenvalue weighted by atomic mass is 32.2. The van der Waals surface area contributed by atoms with Gasteiger partial charge in [-0.2, -0.15) is 5.10 Å². The minimum absolute atomic E-state index is 0.0667. The maximum atomic E-state index is 12.1. The lowest BCUT2D eigenvalue weighted by atomic mass is 9.83. The zero-order chi connectivity index (χ0) is 14.6. The summed E-state index contributed by atoms with van der Waals surface area (Å²) in [7, 11) is -3.76. The van der Waals surface area contributed by atoms with E-state index in [9.17, 15) is 13.2 Å². The second-order valence-electron chi connectivity index (χ2n) is 4.82. The molecular formula is C12H19N3O4S. The fourth-order valence-electron chi connectivity index (χ4n) is 2.08. The molecule has 2 rings (SSSR count). The number of rotatable bonds is 7. The third-order valence-corrected chi connectivity index (χ3v) is 4.87. The molecule has 1 fully saturated rings. The molecule has 112 valence electrons. The van der Waals surface area contributed by atoms with Crippen molar-refractivity contribution in [3.8, 4) is 0 Å². The Labute approximate surface area is 118 Å². The normalized spacial score (nSPS) is 15.8. The highest BCUT2D eigenvalue weighted by Gasteiger charge is 2.26. The molecule has 0 radical (unpaired) electrons. The van der Waals surface area contributed by atoms with E-state index < -0.39 is 16.0 Å². The molecule has 1 aromatic rings. The van der Waals surface area contributed by atoms with Crippen LogP contribution >= 0.6 is 0 Å². The van der Waals surface area contributed by atoms with Gasteiger partial charge in [-0.15, -0.1) is 0 Å². The largest absolute Gasteiger partial charge is 0.462 e. The molecule has 1 saturated carbocycles. The monoisotopic (exact) mass is 301 g/mol. The number of esters is 1. The summed E-state index contributed by atoms with van der Waals surface area (Å²) in [5, 5.41) is 5.74. The fraction of sp³-hybridized carbons (Fsp3) is 0.667. The summed E-state index contributed by atoms with van der Waals surface area (Å²) >= 11 is 0. The summed E-state index contributed by atoms with van der Waals surface area (Å²) in [5.41, 5.74) is -0.0667. The van der Waals surface area contributed by atoms with Gasteiger partial charge in [-0.05, 0) is 19.3 Å². The number of carbonyl (C=O) groups excluding carboxylic acids is 1. The van der Waals surface area contributed by atoms with Gasteiger partial charge in [0.1, 0.15) is 5.56 Å². The van der Waals surface area contributed by atoms with Gasteiger partial charge in [0.15, 0.2) is 5.03 Å². The fourth-order valence-corrected chi connectivity index (χ4v) is 3.21. The number of ether oxygens (including phenoxy) is 1. The second kappa shape index (κ2) is 6.36. The summed E-state index contributed by atoms with van der Waals surface area (Å²) in [6, 6.07) is 0. The van der Waals surface area contributed by atoms with Crippen LogP contribution in [0.25, 0.3) is 0 Å². The summed E-state index contributed by atoms with van der Waals surface area (Å²) in [4.78, 5) is 11.6. The van der Waals surface area contributed by atoms with Crippen LogP contribution in [0.3, 0.4) is 0 Å². The Morgan fingerprint density at radius 1 is 1.55 bits per heavy atom. The number of hydrogen-bond donors (Lipinski definition) is 2. The topological polar surface area (TPSA) is 101 Å². The molecule has 2 N–H and O–H groups in total. The van der Waals surface area contributed by atoms with Gasteiger partial charge in [0.05, 0.1) is 12.8 Å². The molecule has 8 heteroatoms. The number of aromatic amines is 1. The molecule has 0 atom stereocenters. The molecule has 1 aromatic heterocycles. The third kappa shape index (κ3) is 3.37. The second-order valence-corrected chi connectivity index (χ2v) is 6.52. The molecule has 1 aliphatic rings. The van der Waals surface area contributed by atoms with Crippen LogP contribution in [0.5, 0.6) is 0 Å². The maximum Gasteiger partial charge on any atom is 0.342 e. The molecule has 20 heavy (non-hydrogen) atoms. The summed E-state index contributed by atoms with van der Waals surface area (Å²) in [6.45, 7) is 2.20. The van der Waals surface area contributed by atoms with E-state index in [2.05, 4.69) is 14.9 Å². The highest BCUT2D eigenvalue weighted by Crippen LogP contribution is 2.28. The lowest BCUT2D eigenvalue weighted by molar-refractivity contribution is 0.0522. The van der Waals surface area contributed by atoms with Crippen molar-refractivity contribution < 1.29 is 17.9 Å². The van der Waals surface area contributed by atoms with Gasteiger partial charge in [-0.25, -0.2) is 17.9 Å². The first-order valence-corrected chi connectivity index (χ1v) is 8.23. The average Bonchev–Trinajstić information content (AvgIpc) is 2.82. The minimum Gasteiger partial charge on any atom is -0.462 e. The molecule has 0 spiro atoms. The molecule has 0 aliphatic heterocycles. The molecule has 1 aliphatic carbocycles. The van der Waals surface area contributed by atoms with Crippen LogP contribution in [-0.2, 0) is 14.8 Å². The van der Waals surface area contributed by atoms with Crippen LogP contribution in [-0.4, -0.2) is 37.7 Å². The van der Waals surface area contributed by atoms with E-state index in [1.807, 2.05) is 0 Å². The van der Waals surface area contributed by atoms with Crippen LogP contribution in [0.4, 0.5) is 0 Å². The lowest BCUT2D eigenvalue weighted by Crippen LogP contribution is -2.29. The highest BCUT2D eigenvalue weighted by molar-refractivity contribution is 7.89. The van der Waals surface area contributed by atoms with E-state index in [1.165, 1.54) is 25.5 Å². The van der Waals surface area contributed by atoms with Crippen molar-refractivity contribution in [2.45, 2.75) is 37.6 Å². The number of nitrogens with one attached hydrogen (secondary N) is 2. The summed E-state index contributed by atoms with van der Waals surface area (Å²) in [6.07, 6.45) is 5.55. The molecule has 0 aromatic carbocycles. The number of nitrogens with zero attached hydrogens (tertiary/aromatic N) is 1. The van der Waals surface area contributed by atoms with Gasteiger partial charge in [0.25, 0.3) is 10.0 Å². The molecule has 0 saturated heterocycles. The SMILES string of the molecule is CCOC(=O)c1cn[nH]c1S(=O)(=O)NCCC1CCC1. The minimum atomic E-state index is -3.76. The predicted octanol–water partition coefficient (Wildman–Crippen LogP) is 1.05. The lowest BCUT2D eigenvalue weighted by Gasteiger charge is -2.25. The standard InChI is InChI=1S/C12H19N3O4S/c1-2-19-12(16)10-8-13-15-11(10)20(17,18)14-7-6-9-4-3-5-9/h8-9,14H,2-7H2,1H3,(H,13,15). The van der Waals surface area contributed by atoms with E-state index in [4.69, 9.17) is 4.74 Å². The maximum absolute atomic E-state index is 12.1. The molecule has 1 heterocycles. The van der Waals surface area contributed by atoms with E-state index >= 15 is 0 Å². The van der Waals surface area contributed by atoms with Gasteiger partial charge in [0, 0.05) is 6.54 Å². The van der Waals surface area contributed by atoms with Crippen LogP contribution in [0, 0.1) is 5.92 Å². The zero-order valence-electron chi connectivity index (χ0n) is 11.4. The zero-order valence-corrected chi connectivity index (χ0v) is 12.2. The number of sulfonamides is 1. The Balaban J connectivity index is 2.01. The number of hydrogen-bond acceptors (Lipinski definition) is 5. The summed E-state index contributed by atoms with van der Waals surface area (Å²) in [5.74, 6) is -0.0791. The first-order chi connectivity index (χ1) is 9.54. The van der Waals surface area contributed by atoms with Gasteiger partial charge < -0.3 is 4.74 Å². The molecule has 7 nitrogen and oxygen atoms in total. The van der Waals surface area contributed by atoms with E-state index in [-0.39, 0.29) is 17.2 Å². The van der Waals surface area contributed by atoms with E-state index in [0.29, 0.717) is 12.5 Å². The molecule has 0 bridgehead atoms. The Bertz CT molecular complexity index is 563.